The van der Waals surface area contributed by atoms with Crippen LogP contribution in [0.4, 0.5) is 17.6 Å². The molecule has 0 aliphatic rings. The average molecular weight is 438 g/mol. The summed E-state index contributed by atoms with van der Waals surface area (Å²) in [6.45, 7) is -0.345. The van der Waals surface area contributed by atoms with Gasteiger partial charge < -0.3 is 26.7 Å². The molecule has 32 heavy (non-hydrogen) atoms. The number of nitro groups is 1. The number of para-hydroxylation sites is 1. The molecule has 0 saturated carbocycles. The van der Waals surface area contributed by atoms with E-state index in [9.17, 15) is 14.9 Å². The molecular formula is C21H22N6O5. The van der Waals surface area contributed by atoms with E-state index >= 15 is 0 Å². The van der Waals surface area contributed by atoms with E-state index in [0.29, 0.717) is 16.9 Å². The minimum absolute atomic E-state index is 0.0324. The Morgan fingerprint density at radius 1 is 1.06 bits per heavy atom. The maximum Gasteiger partial charge on any atom is 0.337 e. The van der Waals surface area contributed by atoms with Crippen LogP contribution in [0.5, 0.6) is 5.75 Å². The molecule has 0 spiro atoms. The lowest BCUT2D eigenvalue weighted by molar-refractivity contribution is -0.481. The number of ether oxygens (including phenoxy) is 2. The van der Waals surface area contributed by atoms with Crippen LogP contribution in [0.1, 0.15) is 33.0 Å². The predicted molar refractivity (Wildman–Crippen MR) is 118 cm³/mol. The molecule has 1 heterocycles. The van der Waals surface area contributed by atoms with E-state index in [-0.39, 0.29) is 29.8 Å². The summed E-state index contributed by atoms with van der Waals surface area (Å²) in [6, 6.07) is 13.6. The van der Waals surface area contributed by atoms with Crippen LogP contribution in [0.15, 0.2) is 48.5 Å². The second-order valence-electron chi connectivity index (χ2n) is 6.85. The van der Waals surface area contributed by atoms with Crippen LogP contribution in [0.25, 0.3) is 0 Å². The van der Waals surface area contributed by atoms with Gasteiger partial charge in [-0.05, 0) is 23.8 Å². The highest BCUT2D eigenvalue weighted by Gasteiger charge is 2.29. The summed E-state index contributed by atoms with van der Waals surface area (Å²) in [4.78, 5) is 30.3. The van der Waals surface area contributed by atoms with Gasteiger partial charge in [-0.3, -0.25) is 10.1 Å². The lowest BCUT2D eigenvalue weighted by atomic mass is 9.91. The fourth-order valence-electron chi connectivity index (χ4n) is 3.29. The molecule has 3 rings (SSSR count). The summed E-state index contributed by atoms with van der Waals surface area (Å²) in [5, 5.41) is 11.4. The van der Waals surface area contributed by atoms with E-state index in [4.69, 9.17) is 21.9 Å². The first-order valence-corrected chi connectivity index (χ1v) is 9.49. The minimum Gasteiger partial charge on any atom is -0.489 e. The molecular weight excluding hydrogens is 416 g/mol. The largest absolute Gasteiger partial charge is 0.489 e. The third-order valence-corrected chi connectivity index (χ3v) is 4.77. The molecule has 2 aromatic carbocycles. The number of hydrogen-bond acceptors (Lipinski definition) is 10. The SMILES string of the molecule is COC(=O)c1ccc(COc2ccccc2C(C[N+](=O)[O-])c2c(N)nc(N)nc2N)cc1. The highest BCUT2D eigenvalue weighted by atomic mass is 16.6. The topological polar surface area (TPSA) is 183 Å². The number of aromatic nitrogens is 2. The Balaban J connectivity index is 1.92. The Morgan fingerprint density at radius 2 is 1.69 bits per heavy atom. The van der Waals surface area contributed by atoms with Gasteiger partial charge in [0.25, 0.3) is 0 Å². The summed E-state index contributed by atoms with van der Waals surface area (Å²) in [5.41, 5.74) is 19.5. The van der Waals surface area contributed by atoms with Crippen molar-refractivity contribution in [3.8, 4) is 5.75 Å². The fraction of sp³-hybridized carbons (Fsp3) is 0.190. The lowest BCUT2D eigenvalue weighted by Crippen LogP contribution is -2.20. The minimum atomic E-state index is -0.858. The average Bonchev–Trinajstić information content (AvgIpc) is 2.76. The van der Waals surface area contributed by atoms with Crippen molar-refractivity contribution in [2.45, 2.75) is 12.5 Å². The number of benzene rings is 2. The first kappa shape index (κ1) is 22.3. The number of nitrogen functional groups attached to an aromatic ring is 3. The van der Waals surface area contributed by atoms with Crippen LogP contribution in [0.2, 0.25) is 0 Å². The van der Waals surface area contributed by atoms with Crippen LogP contribution >= 0.6 is 0 Å². The van der Waals surface area contributed by atoms with E-state index in [1.165, 1.54) is 7.11 Å². The Kier molecular flexibility index (Phi) is 6.68. The Bertz CT molecular complexity index is 1110. The van der Waals surface area contributed by atoms with Crippen LogP contribution in [0.3, 0.4) is 0 Å². The number of anilines is 3. The highest BCUT2D eigenvalue weighted by Crippen LogP contribution is 2.37. The molecule has 0 amide bonds. The molecule has 0 saturated heterocycles. The summed E-state index contributed by atoms with van der Waals surface area (Å²) in [7, 11) is 1.31. The first-order chi connectivity index (χ1) is 15.3. The number of rotatable bonds is 8. The first-order valence-electron chi connectivity index (χ1n) is 9.49. The van der Waals surface area contributed by atoms with Gasteiger partial charge in [0.05, 0.1) is 24.2 Å². The van der Waals surface area contributed by atoms with Gasteiger partial charge >= 0.3 is 5.97 Å². The van der Waals surface area contributed by atoms with E-state index in [1.807, 2.05) is 0 Å². The quantitative estimate of drug-likeness (QED) is 0.267. The molecule has 3 aromatic rings. The second kappa shape index (κ2) is 9.60. The van der Waals surface area contributed by atoms with Crippen molar-refractivity contribution in [1.29, 1.82) is 0 Å². The van der Waals surface area contributed by atoms with E-state index in [1.54, 1.807) is 48.5 Å². The zero-order valence-corrected chi connectivity index (χ0v) is 17.2. The van der Waals surface area contributed by atoms with Crippen LogP contribution in [0, 0.1) is 10.1 Å². The fourth-order valence-corrected chi connectivity index (χ4v) is 3.29. The Labute approximate surface area is 183 Å². The molecule has 11 heteroatoms. The Hall–Kier alpha value is -4.41. The highest BCUT2D eigenvalue weighted by molar-refractivity contribution is 5.89. The third-order valence-electron chi connectivity index (χ3n) is 4.77. The molecule has 166 valence electrons. The van der Waals surface area contributed by atoms with Crippen molar-refractivity contribution < 1.29 is 19.2 Å². The second-order valence-corrected chi connectivity index (χ2v) is 6.85. The van der Waals surface area contributed by atoms with Crippen molar-refractivity contribution in [2.24, 2.45) is 0 Å². The van der Waals surface area contributed by atoms with Crippen molar-refractivity contribution in [3.63, 3.8) is 0 Å². The molecule has 0 aliphatic carbocycles. The van der Waals surface area contributed by atoms with Gasteiger partial charge in [0.1, 0.15) is 24.0 Å². The lowest BCUT2D eigenvalue weighted by Gasteiger charge is -2.20. The van der Waals surface area contributed by atoms with Gasteiger partial charge in [0.15, 0.2) is 0 Å². The van der Waals surface area contributed by atoms with Gasteiger partial charge in [-0.25, -0.2) is 4.79 Å². The predicted octanol–water partition coefficient (Wildman–Crippen LogP) is 2.00. The maximum atomic E-state index is 11.6. The number of esters is 1. The van der Waals surface area contributed by atoms with E-state index in [0.717, 1.165) is 5.56 Å². The molecule has 6 N–H and O–H groups in total. The van der Waals surface area contributed by atoms with E-state index in [2.05, 4.69) is 14.7 Å². The van der Waals surface area contributed by atoms with Gasteiger partial charge in [0.2, 0.25) is 12.5 Å². The van der Waals surface area contributed by atoms with Crippen molar-refractivity contribution in [2.75, 3.05) is 30.9 Å². The monoisotopic (exact) mass is 438 g/mol. The van der Waals surface area contributed by atoms with Gasteiger partial charge in [-0.1, -0.05) is 30.3 Å². The molecule has 0 bridgehead atoms. The molecule has 0 fully saturated rings. The molecule has 1 aromatic heterocycles. The summed E-state index contributed by atoms with van der Waals surface area (Å²) in [6.07, 6.45) is 0. The number of methoxy groups -OCH3 is 1. The molecule has 1 atom stereocenters. The molecule has 0 radical (unpaired) electrons. The van der Waals surface area contributed by atoms with Gasteiger partial charge in [-0.2, -0.15) is 9.97 Å². The molecule has 0 aliphatic heterocycles. The van der Waals surface area contributed by atoms with E-state index < -0.39 is 23.4 Å². The van der Waals surface area contributed by atoms with Gasteiger partial charge in [0, 0.05) is 10.5 Å². The summed E-state index contributed by atoms with van der Waals surface area (Å²) in [5.74, 6) is -1.07. The molecule has 11 nitrogen and oxygen atoms in total. The van der Waals surface area contributed by atoms with Crippen LogP contribution < -0.4 is 21.9 Å². The third kappa shape index (κ3) is 5.01. The number of carbonyl (C=O) groups excluding carboxylic acids is 1. The van der Waals surface area contributed by atoms with Gasteiger partial charge in [-0.15, -0.1) is 0 Å². The van der Waals surface area contributed by atoms with Crippen LogP contribution in [-0.2, 0) is 11.3 Å². The number of nitrogens with zero attached hydrogens (tertiary/aromatic N) is 3. The number of nitrogens with two attached hydrogens (primary N) is 3. The zero-order chi connectivity index (χ0) is 23.3. The Morgan fingerprint density at radius 3 is 2.28 bits per heavy atom. The van der Waals surface area contributed by atoms with Crippen molar-refractivity contribution in [3.05, 3.63) is 80.9 Å². The number of hydrogen-bond donors (Lipinski definition) is 3. The maximum absolute atomic E-state index is 11.6. The molecule has 1 unspecified atom stereocenters. The standard InChI is InChI=1S/C21H22N6O5/c1-31-20(28)13-8-6-12(7-9-13)11-32-16-5-3-2-4-14(16)15(10-27(29)30)17-18(22)25-21(24)26-19(17)23/h2-9,15H,10-11H2,1H3,(H6,22,23,24,25,26). The number of carbonyl (C=O) groups is 1. The van der Waals surface area contributed by atoms with Crippen molar-refractivity contribution >= 4 is 23.6 Å². The normalized spacial score (nSPS) is 11.5. The zero-order valence-electron chi connectivity index (χ0n) is 17.2. The van der Waals surface area contributed by atoms with Crippen LogP contribution in [-0.4, -0.2) is 34.5 Å². The summed E-state index contributed by atoms with van der Waals surface area (Å²) < 4.78 is 10.6. The summed E-state index contributed by atoms with van der Waals surface area (Å²) >= 11 is 0. The smallest absolute Gasteiger partial charge is 0.337 e. The van der Waals surface area contributed by atoms with Crippen molar-refractivity contribution in [1.82, 2.24) is 9.97 Å².